The van der Waals surface area contributed by atoms with Gasteiger partial charge in [-0.05, 0) is 48.9 Å². The number of benzene rings is 1. The maximum absolute atomic E-state index is 10.4. The minimum atomic E-state index is 0.694. The highest BCUT2D eigenvalue weighted by atomic mass is 16.5. The zero-order valence-corrected chi connectivity index (χ0v) is 8.98. The van der Waals surface area contributed by atoms with Crippen molar-refractivity contribution in [3.05, 3.63) is 29.8 Å². The molecule has 0 N–H and O–H groups in total. The molecule has 0 aromatic heterocycles. The Hall–Kier alpha value is -1.31. The van der Waals surface area contributed by atoms with Crippen molar-refractivity contribution in [2.75, 3.05) is 6.61 Å². The lowest BCUT2D eigenvalue weighted by Crippen LogP contribution is -2.28. The van der Waals surface area contributed by atoms with Gasteiger partial charge in [-0.15, -0.1) is 0 Å². The van der Waals surface area contributed by atoms with E-state index in [0.29, 0.717) is 5.56 Å². The number of hydrogen-bond acceptors (Lipinski definition) is 2. The van der Waals surface area contributed by atoms with E-state index in [1.165, 1.54) is 12.8 Å². The van der Waals surface area contributed by atoms with Gasteiger partial charge < -0.3 is 4.74 Å². The minimum Gasteiger partial charge on any atom is -0.493 e. The van der Waals surface area contributed by atoms with Crippen LogP contribution in [0, 0.1) is 11.8 Å². The van der Waals surface area contributed by atoms with Crippen LogP contribution in [0.3, 0.4) is 0 Å². The molecule has 2 heteroatoms. The molecule has 2 nitrogen and oxygen atoms in total. The summed E-state index contributed by atoms with van der Waals surface area (Å²) in [4.78, 5) is 10.4. The van der Waals surface area contributed by atoms with Gasteiger partial charge in [-0.3, -0.25) is 4.79 Å². The number of ether oxygens (including phenoxy) is 1. The summed E-state index contributed by atoms with van der Waals surface area (Å²) in [5, 5.41) is 0. The van der Waals surface area contributed by atoms with Crippen molar-refractivity contribution in [3.8, 4) is 5.75 Å². The predicted octanol–water partition coefficient (Wildman–Crippen LogP) is 2.92. The second-order valence-electron chi connectivity index (χ2n) is 4.31. The van der Waals surface area contributed by atoms with Gasteiger partial charge in [0.05, 0.1) is 6.61 Å². The number of aldehydes is 1. The Morgan fingerprint density at radius 3 is 2.53 bits per heavy atom. The molecule has 0 amide bonds. The molecule has 1 saturated carbocycles. The monoisotopic (exact) mass is 204 g/mol. The second-order valence-corrected chi connectivity index (χ2v) is 4.31. The Morgan fingerprint density at radius 2 is 2.07 bits per heavy atom. The van der Waals surface area contributed by atoms with E-state index < -0.39 is 0 Å². The zero-order chi connectivity index (χ0) is 10.7. The molecule has 1 aliphatic rings. The number of hydrogen-bond donors (Lipinski definition) is 0. The van der Waals surface area contributed by atoms with E-state index >= 15 is 0 Å². The molecule has 0 spiro atoms. The van der Waals surface area contributed by atoms with Crippen molar-refractivity contribution < 1.29 is 9.53 Å². The number of rotatable bonds is 4. The first-order valence-electron chi connectivity index (χ1n) is 5.47. The summed E-state index contributed by atoms with van der Waals surface area (Å²) >= 11 is 0. The molecular formula is C13H16O2. The van der Waals surface area contributed by atoms with Crippen LogP contribution < -0.4 is 4.74 Å². The van der Waals surface area contributed by atoms with Crippen LogP contribution in [-0.2, 0) is 0 Å². The SMILES string of the molecule is C[C@@H]1CC[C@H]1COc1ccc(C=O)cc1. The molecule has 0 unspecified atom stereocenters. The standard InChI is InChI=1S/C13H16O2/c1-10-2-5-12(10)9-15-13-6-3-11(8-14)4-7-13/h3-4,6-8,10,12H,2,5,9H2,1H3/t10-,12+/m1/s1. The van der Waals surface area contributed by atoms with E-state index in [4.69, 9.17) is 4.74 Å². The first-order chi connectivity index (χ1) is 7.29. The van der Waals surface area contributed by atoms with Crippen molar-refractivity contribution in [2.45, 2.75) is 19.8 Å². The fourth-order valence-corrected chi connectivity index (χ4v) is 1.83. The van der Waals surface area contributed by atoms with Crippen LogP contribution in [0.5, 0.6) is 5.75 Å². The highest BCUT2D eigenvalue weighted by Gasteiger charge is 2.26. The van der Waals surface area contributed by atoms with Gasteiger partial charge in [-0.2, -0.15) is 0 Å². The van der Waals surface area contributed by atoms with E-state index in [9.17, 15) is 4.79 Å². The summed E-state index contributed by atoms with van der Waals surface area (Å²) in [6.07, 6.45) is 3.46. The molecule has 2 atom stereocenters. The molecule has 80 valence electrons. The maximum Gasteiger partial charge on any atom is 0.150 e. The van der Waals surface area contributed by atoms with Crippen molar-refractivity contribution in [2.24, 2.45) is 11.8 Å². The van der Waals surface area contributed by atoms with E-state index in [1.54, 1.807) is 12.1 Å². The van der Waals surface area contributed by atoms with Crippen molar-refractivity contribution in [1.29, 1.82) is 0 Å². The second kappa shape index (κ2) is 4.47. The minimum absolute atomic E-state index is 0.694. The molecule has 1 aromatic rings. The van der Waals surface area contributed by atoms with Crippen LogP contribution in [0.15, 0.2) is 24.3 Å². The van der Waals surface area contributed by atoms with Crippen molar-refractivity contribution >= 4 is 6.29 Å². The van der Waals surface area contributed by atoms with Gasteiger partial charge in [-0.1, -0.05) is 6.92 Å². The fourth-order valence-electron chi connectivity index (χ4n) is 1.83. The third-order valence-corrected chi connectivity index (χ3v) is 3.28. The third-order valence-electron chi connectivity index (χ3n) is 3.28. The number of carbonyl (C=O) groups is 1. The molecule has 0 heterocycles. The lowest BCUT2D eigenvalue weighted by molar-refractivity contribution is 0.112. The Balaban J connectivity index is 1.85. The number of carbonyl (C=O) groups excluding carboxylic acids is 1. The molecule has 15 heavy (non-hydrogen) atoms. The molecule has 0 saturated heterocycles. The van der Waals surface area contributed by atoms with Crippen LogP contribution in [-0.4, -0.2) is 12.9 Å². The average Bonchev–Trinajstić information content (AvgIpc) is 2.28. The Bertz CT molecular complexity index is 329. The van der Waals surface area contributed by atoms with E-state index in [0.717, 1.165) is 30.5 Å². The maximum atomic E-state index is 10.4. The summed E-state index contributed by atoms with van der Waals surface area (Å²) in [6, 6.07) is 7.28. The van der Waals surface area contributed by atoms with E-state index in [-0.39, 0.29) is 0 Å². The van der Waals surface area contributed by atoms with E-state index in [2.05, 4.69) is 6.92 Å². The average molecular weight is 204 g/mol. The quantitative estimate of drug-likeness (QED) is 0.705. The largest absolute Gasteiger partial charge is 0.493 e. The van der Waals surface area contributed by atoms with Crippen LogP contribution >= 0.6 is 0 Å². The summed E-state index contributed by atoms with van der Waals surface area (Å²) in [5.41, 5.74) is 0.694. The predicted molar refractivity (Wildman–Crippen MR) is 59.2 cm³/mol. The molecule has 0 bridgehead atoms. The van der Waals surface area contributed by atoms with Gasteiger partial charge in [0, 0.05) is 5.56 Å². The Labute approximate surface area is 90.3 Å². The van der Waals surface area contributed by atoms with Gasteiger partial charge in [-0.25, -0.2) is 0 Å². The molecule has 1 aliphatic carbocycles. The van der Waals surface area contributed by atoms with Crippen molar-refractivity contribution in [1.82, 2.24) is 0 Å². The first-order valence-corrected chi connectivity index (χ1v) is 5.47. The molecule has 0 aliphatic heterocycles. The summed E-state index contributed by atoms with van der Waals surface area (Å²) in [6.45, 7) is 3.08. The van der Waals surface area contributed by atoms with Crippen LogP contribution in [0.4, 0.5) is 0 Å². The molecule has 0 radical (unpaired) electrons. The Morgan fingerprint density at radius 1 is 1.33 bits per heavy atom. The van der Waals surface area contributed by atoms with Crippen LogP contribution in [0.1, 0.15) is 30.1 Å². The topological polar surface area (TPSA) is 26.3 Å². The highest BCUT2D eigenvalue weighted by molar-refractivity contribution is 5.74. The van der Waals surface area contributed by atoms with Gasteiger partial charge in [0.15, 0.2) is 0 Å². The molecule has 1 aromatic carbocycles. The summed E-state index contributed by atoms with van der Waals surface area (Å²) < 4.78 is 5.66. The first kappa shape index (κ1) is 10.2. The molecule has 2 rings (SSSR count). The lowest BCUT2D eigenvalue weighted by atomic mass is 9.75. The van der Waals surface area contributed by atoms with E-state index in [1.807, 2.05) is 12.1 Å². The van der Waals surface area contributed by atoms with Crippen molar-refractivity contribution in [3.63, 3.8) is 0 Å². The van der Waals surface area contributed by atoms with Gasteiger partial charge >= 0.3 is 0 Å². The third kappa shape index (κ3) is 2.38. The van der Waals surface area contributed by atoms with Gasteiger partial charge in [0.1, 0.15) is 12.0 Å². The highest BCUT2D eigenvalue weighted by Crippen LogP contribution is 2.33. The summed E-state index contributed by atoms with van der Waals surface area (Å²) in [5.74, 6) is 2.38. The van der Waals surface area contributed by atoms with Gasteiger partial charge in [0.2, 0.25) is 0 Å². The molecular weight excluding hydrogens is 188 g/mol. The normalized spacial score (nSPS) is 24.3. The smallest absolute Gasteiger partial charge is 0.150 e. The van der Waals surface area contributed by atoms with Crippen LogP contribution in [0.2, 0.25) is 0 Å². The fraction of sp³-hybridized carbons (Fsp3) is 0.462. The summed E-state index contributed by atoms with van der Waals surface area (Å²) in [7, 11) is 0. The zero-order valence-electron chi connectivity index (χ0n) is 8.98. The van der Waals surface area contributed by atoms with Gasteiger partial charge in [0.25, 0.3) is 0 Å². The molecule has 1 fully saturated rings. The van der Waals surface area contributed by atoms with Crippen LogP contribution in [0.25, 0.3) is 0 Å². The lowest BCUT2D eigenvalue weighted by Gasteiger charge is -2.33. The Kier molecular flexibility index (Phi) is 3.05.